The van der Waals surface area contributed by atoms with Crippen LogP contribution in [0.2, 0.25) is 0 Å². The SMILES string of the molecule is COC(c1noc(CON)n1)C(C)(C)C. The van der Waals surface area contributed by atoms with Gasteiger partial charge < -0.3 is 9.26 Å². The van der Waals surface area contributed by atoms with E-state index in [9.17, 15) is 0 Å². The third kappa shape index (κ3) is 2.98. The summed E-state index contributed by atoms with van der Waals surface area (Å²) in [6.45, 7) is 6.22. The molecule has 1 rings (SSSR count). The first-order chi connectivity index (χ1) is 6.99. The molecule has 0 amide bonds. The van der Waals surface area contributed by atoms with Gasteiger partial charge in [-0.2, -0.15) is 4.98 Å². The molecule has 0 radical (unpaired) electrons. The van der Waals surface area contributed by atoms with Crippen LogP contribution in [0.15, 0.2) is 4.52 Å². The fourth-order valence-corrected chi connectivity index (χ4v) is 1.35. The predicted molar refractivity (Wildman–Crippen MR) is 52.5 cm³/mol. The van der Waals surface area contributed by atoms with Crippen molar-refractivity contribution >= 4 is 0 Å². The molecule has 1 aromatic heterocycles. The number of nitrogens with zero attached hydrogens (tertiary/aromatic N) is 2. The summed E-state index contributed by atoms with van der Waals surface area (Å²) >= 11 is 0. The zero-order valence-corrected chi connectivity index (χ0v) is 9.48. The van der Waals surface area contributed by atoms with Crippen LogP contribution in [0.3, 0.4) is 0 Å². The van der Waals surface area contributed by atoms with Crippen LogP contribution in [0.1, 0.15) is 38.6 Å². The lowest BCUT2D eigenvalue weighted by atomic mass is 9.88. The van der Waals surface area contributed by atoms with Gasteiger partial charge in [-0.05, 0) is 5.41 Å². The second-order valence-corrected chi connectivity index (χ2v) is 4.34. The molecule has 15 heavy (non-hydrogen) atoms. The van der Waals surface area contributed by atoms with E-state index in [1.54, 1.807) is 7.11 Å². The van der Waals surface area contributed by atoms with Crippen molar-refractivity contribution in [2.24, 2.45) is 11.3 Å². The van der Waals surface area contributed by atoms with E-state index in [0.717, 1.165) is 0 Å². The van der Waals surface area contributed by atoms with E-state index in [1.165, 1.54) is 0 Å². The highest BCUT2D eigenvalue weighted by Gasteiger charge is 2.30. The van der Waals surface area contributed by atoms with E-state index in [2.05, 4.69) is 15.0 Å². The summed E-state index contributed by atoms with van der Waals surface area (Å²) in [6.07, 6.45) is -0.215. The van der Waals surface area contributed by atoms with Crippen LogP contribution in [-0.4, -0.2) is 17.3 Å². The highest BCUT2D eigenvalue weighted by atomic mass is 16.6. The Morgan fingerprint density at radius 2 is 2.13 bits per heavy atom. The number of nitrogens with two attached hydrogens (primary N) is 1. The first kappa shape index (κ1) is 12.1. The number of hydrogen-bond acceptors (Lipinski definition) is 6. The lowest BCUT2D eigenvalue weighted by Crippen LogP contribution is -2.21. The van der Waals surface area contributed by atoms with Crippen molar-refractivity contribution in [1.82, 2.24) is 10.1 Å². The van der Waals surface area contributed by atoms with E-state index < -0.39 is 0 Å². The van der Waals surface area contributed by atoms with Crippen molar-refractivity contribution in [2.75, 3.05) is 7.11 Å². The average molecular weight is 215 g/mol. The fourth-order valence-electron chi connectivity index (χ4n) is 1.35. The fraction of sp³-hybridized carbons (Fsp3) is 0.778. The molecule has 0 aliphatic rings. The molecule has 6 heteroatoms. The number of hydrogen-bond donors (Lipinski definition) is 1. The molecule has 0 aliphatic heterocycles. The van der Waals surface area contributed by atoms with Gasteiger partial charge in [-0.15, -0.1) is 0 Å². The van der Waals surface area contributed by atoms with Gasteiger partial charge in [0.25, 0.3) is 5.89 Å². The van der Waals surface area contributed by atoms with Crippen molar-refractivity contribution < 1.29 is 14.1 Å². The Morgan fingerprint density at radius 3 is 2.60 bits per heavy atom. The lowest BCUT2D eigenvalue weighted by molar-refractivity contribution is 0.00718. The van der Waals surface area contributed by atoms with Crippen molar-refractivity contribution in [2.45, 2.75) is 33.5 Å². The van der Waals surface area contributed by atoms with Gasteiger partial charge in [-0.3, -0.25) is 4.84 Å². The number of methoxy groups -OCH3 is 1. The van der Waals surface area contributed by atoms with Crippen LogP contribution >= 0.6 is 0 Å². The molecule has 0 fully saturated rings. The molecule has 6 nitrogen and oxygen atoms in total. The summed E-state index contributed by atoms with van der Waals surface area (Å²) in [4.78, 5) is 8.53. The van der Waals surface area contributed by atoms with Crippen LogP contribution < -0.4 is 5.90 Å². The Kier molecular flexibility index (Phi) is 3.78. The first-order valence-electron chi connectivity index (χ1n) is 4.66. The Balaban J connectivity index is 2.83. The van der Waals surface area contributed by atoms with Gasteiger partial charge in [0, 0.05) is 7.11 Å². The molecule has 1 heterocycles. The summed E-state index contributed by atoms with van der Waals surface area (Å²) < 4.78 is 10.3. The molecular weight excluding hydrogens is 198 g/mol. The van der Waals surface area contributed by atoms with Crippen molar-refractivity contribution in [3.05, 3.63) is 11.7 Å². The molecular formula is C9H17N3O3. The first-order valence-corrected chi connectivity index (χ1v) is 4.66. The van der Waals surface area contributed by atoms with Crippen LogP contribution in [0, 0.1) is 5.41 Å². The van der Waals surface area contributed by atoms with Gasteiger partial charge in [0.15, 0.2) is 0 Å². The normalized spacial score (nSPS) is 14.2. The highest BCUT2D eigenvalue weighted by molar-refractivity contribution is 4.95. The summed E-state index contributed by atoms with van der Waals surface area (Å²) in [6, 6.07) is 0. The largest absolute Gasteiger partial charge is 0.373 e. The number of aromatic nitrogens is 2. The van der Waals surface area contributed by atoms with E-state index in [0.29, 0.717) is 11.7 Å². The summed E-state index contributed by atoms with van der Waals surface area (Å²) in [5, 5.41) is 3.83. The Morgan fingerprint density at radius 1 is 1.47 bits per heavy atom. The molecule has 1 unspecified atom stereocenters. The molecule has 86 valence electrons. The van der Waals surface area contributed by atoms with E-state index in [1.807, 2.05) is 20.8 Å². The van der Waals surface area contributed by atoms with Crippen molar-refractivity contribution in [3.63, 3.8) is 0 Å². The molecule has 1 aromatic rings. The molecule has 1 atom stereocenters. The molecule has 0 saturated heterocycles. The summed E-state index contributed by atoms with van der Waals surface area (Å²) in [5.41, 5.74) is -0.0978. The lowest BCUT2D eigenvalue weighted by Gasteiger charge is -2.26. The molecule has 0 aliphatic carbocycles. The summed E-state index contributed by atoms with van der Waals surface area (Å²) in [7, 11) is 1.62. The van der Waals surface area contributed by atoms with Gasteiger partial charge in [0.2, 0.25) is 5.82 Å². The van der Waals surface area contributed by atoms with E-state index >= 15 is 0 Å². The number of ether oxygens (including phenoxy) is 1. The summed E-state index contributed by atoms with van der Waals surface area (Å²) in [5.74, 6) is 5.76. The predicted octanol–water partition coefficient (Wildman–Crippen LogP) is 1.19. The quantitative estimate of drug-likeness (QED) is 0.759. The van der Waals surface area contributed by atoms with Gasteiger partial charge in [-0.25, -0.2) is 5.90 Å². The maximum atomic E-state index is 5.34. The second-order valence-electron chi connectivity index (χ2n) is 4.34. The average Bonchev–Trinajstić information content (AvgIpc) is 2.52. The molecule has 0 aromatic carbocycles. The molecule has 0 spiro atoms. The van der Waals surface area contributed by atoms with Crippen LogP contribution in [0.4, 0.5) is 0 Å². The van der Waals surface area contributed by atoms with Crippen molar-refractivity contribution in [1.29, 1.82) is 0 Å². The van der Waals surface area contributed by atoms with Crippen LogP contribution in [0.25, 0.3) is 0 Å². The smallest absolute Gasteiger partial charge is 0.254 e. The molecule has 0 saturated carbocycles. The Labute approximate surface area is 88.7 Å². The monoisotopic (exact) mass is 215 g/mol. The van der Waals surface area contributed by atoms with E-state index in [4.69, 9.17) is 15.2 Å². The van der Waals surface area contributed by atoms with E-state index in [-0.39, 0.29) is 18.1 Å². The van der Waals surface area contributed by atoms with Crippen LogP contribution in [0.5, 0.6) is 0 Å². The van der Waals surface area contributed by atoms with Gasteiger partial charge in [-0.1, -0.05) is 25.9 Å². The maximum Gasteiger partial charge on any atom is 0.254 e. The minimum absolute atomic E-state index is 0.0978. The van der Waals surface area contributed by atoms with Crippen LogP contribution in [-0.2, 0) is 16.2 Å². The van der Waals surface area contributed by atoms with Gasteiger partial charge in [0.05, 0.1) is 0 Å². The number of rotatable bonds is 4. The third-order valence-electron chi connectivity index (χ3n) is 1.95. The zero-order chi connectivity index (χ0) is 11.5. The highest BCUT2D eigenvalue weighted by Crippen LogP contribution is 2.33. The van der Waals surface area contributed by atoms with Crippen molar-refractivity contribution in [3.8, 4) is 0 Å². The molecule has 2 N–H and O–H groups in total. The standard InChI is InChI=1S/C9H17N3O3/c1-9(2,3)7(13-4)8-11-6(5-14-10)15-12-8/h7H,5,10H2,1-4H3. The maximum absolute atomic E-state index is 5.34. The Hall–Kier alpha value is -0.980. The second kappa shape index (κ2) is 4.69. The van der Waals surface area contributed by atoms with Gasteiger partial charge in [0.1, 0.15) is 12.7 Å². The zero-order valence-electron chi connectivity index (χ0n) is 9.48. The minimum atomic E-state index is -0.215. The minimum Gasteiger partial charge on any atom is -0.373 e. The third-order valence-corrected chi connectivity index (χ3v) is 1.95. The molecule has 0 bridgehead atoms. The topological polar surface area (TPSA) is 83.4 Å². The van der Waals surface area contributed by atoms with Gasteiger partial charge >= 0.3 is 0 Å². The Bertz CT molecular complexity index is 306.